The van der Waals surface area contributed by atoms with E-state index < -0.39 is 6.10 Å². The fourth-order valence-corrected chi connectivity index (χ4v) is 7.81. The molecule has 58 heavy (non-hydrogen) atoms. The molecule has 0 radical (unpaired) electrons. The van der Waals surface area contributed by atoms with Gasteiger partial charge in [-0.05, 0) is 31.1 Å². The molecular weight excluding hydrogens is 721 g/mol. The van der Waals surface area contributed by atoms with Gasteiger partial charge in [0.1, 0.15) is 13.2 Å². The summed E-state index contributed by atoms with van der Waals surface area (Å²) in [5.41, 5.74) is 0. The van der Waals surface area contributed by atoms with Gasteiger partial charge in [-0.3, -0.25) is 14.4 Å². The van der Waals surface area contributed by atoms with E-state index in [0.29, 0.717) is 19.3 Å². The summed E-state index contributed by atoms with van der Waals surface area (Å²) in [6.45, 7) is 11.3. The van der Waals surface area contributed by atoms with E-state index in [9.17, 15) is 14.4 Å². The zero-order chi connectivity index (χ0) is 42.6. The Morgan fingerprint density at radius 1 is 0.328 bits per heavy atom. The maximum absolute atomic E-state index is 12.7. The predicted molar refractivity (Wildman–Crippen MR) is 247 cm³/mol. The zero-order valence-corrected chi connectivity index (χ0v) is 39.7. The normalized spacial score (nSPS) is 12.1. The highest BCUT2D eigenvalue weighted by molar-refractivity contribution is 5.71. The Labute approximate surface area is 361 Å². The van der Waals surface area contributed by atoms with Crippen molar-refractivity contribution in [2.45, 2.75) is 291 Å². The van der Waals surface area contributed by atoms with Gasteiger partial charge in [-0.1, -0.05) is 247 Å². The lowest BCUT2D eigenvalue weighted by Gasteiger charge is -2.18. The van der Waals surface area contributed by atoms with Crippen LogP contribution in [-0.4, -0.2) is 37.2 Å². The number of carbonyl (C=O) groups excluding carboxylic acids is 3. The molecule has 6 nitrogen and oxygen atoms in total. The van der Waals surface area contributed by atoms with Gasteiger partial charge in [-0.15, -0.1) is 0 Å². The summed E-state index contributed by atoms with van der Waals surface area (Å²) in [4.78, 5) is 37.9. The van der Waals surface area contributed by atoms with Crippen molar-refractivity contribution in [1.82, 2.24) is 0 Å². The van der Waals surface area contributed by atoms with Gasteiger partial charge in [-0.2, -0.15) is 0 Å². The van der Waals surface area contributed by atoms with Crippen LogP contribution >= 0.6 is 0 Å². The zero-order valence-electron chi connectivity index (χ0n) is 39.7. The first-order valence-corrected chi connectivity index (χ1v) is 25.7. The number of hydrogen-bond acceptors (Lipinski definition) is 6. The molecule has 0 heterocycles. The van der Waals surface area contributed by atoms with Gasteiger partial charge in [-0.25, -0.2) is 0 Å². The van der Waals surface area contributed by atoms with Crippen LogP contribution in [0.15, 0.2) is 0 Å². The topological polar surface area (TPSA) is 78.9 Å². The quantitative estimate of drug-likeness (QED) is 0.0346. The average molecular weight is 821 g/mol. The monoisotopic (exact) mass is 821 g/mol. The lowest BCUT2D eigenvalue weighted by molar-refractivity contribution is -0.167. The van der Waals surface area contributed by atoms with Crippen LogP contribution in [0.2, 0.25) is 0 Å². The molecule has 0 saturated heterocycles. The van der Waals surface area contributed by atoms with E-state index in [4.69, 9.17) is 14.2 Å². The molecule has 0 fully saturated rings. The molecule has 0 aliphatic carbocycles. The lowest BCUT2D eigenvalue weighted by Crippen LogP contribution is -2.30. The Morgan fingerprint density at radius 3 is 0.845 bits per heavy atom. The van der Waals surface area contributed by atoms with Crippen molar-refractivity contribution in [2.75, 3.05) is 13.2 Å². The fourth-order valence-electron chi connectivity index (χ4n) is 7.81. The predicted octanol–water partition coefficient (Wildman–Crippen LogP) is 16.5. The van der Waals surface area contributed by atoms with Crippen molar-refractivity contribution in [3.05, 3.63) is 0 Å². The van der Waals surface area contributed by atoms with Crippen molar-refractivity contribution in [3.8, 4) is 0 Å². The highest BCUT2D eigenvalue weighted by Gasteiger charge is 2.19. The minimum absolute atomic E-state index is 0.0642. The standard InChI is InChI=1S/C52H100O6/c1-6-7-8-9-10-11-12-13-14-15-16-17-21-27-32-37-42-50(53)56-45-49(58-52(55)44-39-34-29-24-23-26-31-36-41-48(4)5)46-57-51(54)43-38-33-28-22-19-18-20-25-30-35-40-47(2)3/h47-49H,6-46H2,1-5H3/t49-/m0/s1. The molecular formula is C52H100O6. The summed E-state index contributed by atoms with van der Waals surface area (Å²) in [6.07, 6.45) is 45.2. The second-order valence-electron chi connectivity index (χ2n) is 18.8. The van der Waals surface area contributed by atoms with E-state index in [1.165, 1.54) is 173 Å². The lowest BCUT2D eigenvalue weighted by atomic mass is 10.0. The molecule has 0 N–H and O–H groups in total. The van der Waals surface area contributed by atoms with Crippen LogP contribution in [0, 0.1) is 11.8 Å². The van der Waals surface area contributed by atoms with Crippen molar-refractivity contribution >= 4 is 17.9 Å². The van der Waals surface area contributed by atoms with Crippen LogP contribution in [0.4, 0.5) is 0 Å². The Hall–Kier alpha value is -1.59. The Balaban J connectivity index is 4.29. The van der Waals surface area contributed by atoms with Crippen molar-refractivity contribution in [2.24, 2.45) is 11.8 Å². The molecule has 0 unspecified atom stereocenters. The Morgan fingerprint density at radius 2 is 0.569 bits per heavy atom. The minimum atomic E-state index is -0.762. The average Bonchev–Trinajstić information content (AvgIpc) is 3.19. The maximum Gasteiger partial charge on any atom is 0.306 e. The number of rotatable bonds is 46. The first kappa shape index (κ1) is 56.4. The molecule has 0 aromatic heterocycles. The Bertz CT molecular complexity index is 885. The molecule has 0 spiro atoms. The van der Waals surface area contributed by atoms with Gasteiger partial charge in [0.2, 0.25) is 0 Å². The highest BCUT2D eigenvalue weighted by Crippen LogP contribution is 2.17. The third-order valence-electron chi connectivity index (χ3n) is 11.7. The van der Waals surface area contributed by atoms with Crippen LogP contribution in [0.5, 0.6) is 0 Å². The number of unbranched alkanes of at least 4 members (excludes halogenated alkanes) is 31. The van der Waals surface area contributed by atoms with Crippen LogP contribution in [-0.2, 0) is 28.6 Å². The molecule has 0 aliphatic heterocycles. The fraction of sp³-hybridized carbons (Fsp3) is 0.942. The molecule has 6 heteroatoms. The number of ether oxygens (including phenoxy) is 3. The third kappa shape index (κ3) is 45.5. The summed E-state index contributed by atoms with van der Waals surface area (Å²) in [5.74, 6) is 0.761. The van der Waals surface area contributed by atoms with Gasteiger partial charge < -0.3 is 14.2 Å². The van der Waals surface area contributed by atoms with E-state index in [-0.39, 0.29) is 31.1 Å². The summed E-state index contributed by atoms with van der Waals surface area (Å²) < 4.78 is 16.8. The first-order chi connectivity index (χ1) is 28.2. The molecule has 0 aromatic carbocycles. The van der Waals surface area contributed by atoms with Crippen LogP contribution in [0.1, 0.15) is 285 Å². The molecule has 344 valence electrons. The number of carbonyl (C=O) groups is 3. The van der Waals surface area contributed by atoms with E-state index in [1.54, 1.807) is 0 Å². The Kier molecular flexibility index (Phi) is 43.7. The molecule has 0 saturated carbocycles. The van der Waals surface area contributed by atoms with Gasteiger partial charge in [0.25, 0.3) is 0 Å². The molecule has 1 atom stereocenters. The third-order valence-corrected chi connectivity index (χ3v) is 11.7. The second-order valence-corrected chi connectivity index (χ2v) is 18.8. The molecule has 0 amide bonds. The van der Waals surface area contributed by atoms with E-state index in [1.807, 2.05) is 0 Å². The molecule has 0 aliphatic rings. The van der Waals surface area contributed by atoms with Crippen molar-refractivity contribution < 1.29 is 28.6 Å². The van der Waals surface area contributed by atoms with Crippen molar-refractivity contribution in [3.63, 3.8) is 0 Å². The smallest absolute Gasteiger partial charge is 0.306 e. The molecule has 0 rings (SSSR count). The maximum atomic E-state index is 12.7. The minimum Gasteiger partial charge on any atom is -0.462 e. The van der Waals surface area contributed by atoms with E-state index >= 15 is 0 Å². The van der Waals surface area contributed by atoms with Crippen molar-refractivity contribution in [1.29, 1.82) is 0 Å². The van der Waals surface area contributed by atoms with Gasteiger partial charge >= 0.3 is 17.9 Å². The largest absolute Gasteiger partial charge is 0.462 e. The van der Waals surface area contributed by atoms with Gasteiger partial charge in [0.15, 0.2) is 6.10 Å². The number of hydrogen-bond donors (Lipinski definition) is 0. The van der Waals surface area contributed by atoms with Crippen LogP contribution in [0.3, 0.4) is 0 Å². The van der Waals surface area contributed by atoms with E-state index in [0.717, 1.165) is 69.6 Å². The molecule has 0 aromatic rings. The first-order valence-electron chi connectivity index (χ1n) is 25.7. The van der Waals surface area contributed by atoms with Crippen LogP contribution in [0.25, 0.3) is 0 Å². The SMILES string of the molecule is CCCCCCCCCCCCCCCCCCC(=O)OC[C@@H](COC(=O)CCCCCCCCCCCCC(C)C)OC(=O)CCCCCCCCCCC(C)C. The van der Waals surface area contributed by atoms with Gasteiger partial charge in [0, 0.05) is 19.3 Å². The number of esters is 3. The van der Waals surface area contributed by atoms with Gasteiger partial charge in [0.05, 0.1) is 0 Å². The van der Waals surface area contributed by atoms with Crippen LogP contribution < -0.4 is 0 Å². The molecule has 0 bridgehead atoms. The summed E-state index contributed by atoms with van der Waals surface area (Å²) >= 11 is 0. The second kappa shape index (κ2) is 44.9. The summed E-state index contributed by atoms with van der Waals surface area (Å²) in [5, 5.41) is 0. The summed E-state index contributed by atoms with van der Waals surface area (Å²) in [6, 6.07) is 0. The van der Waals surface area contributed by atoms with E-state index in [2.05, 4.69) is 34.6 Å². The summed E-state index contributed by atoms with van der Waals surface area (Å²) in [7, 11) is 0. The highest BCUT2D eigenvalue weighted by atomic mass is 16.6.